The van der Waals surface area contributed by atoms with Gasteiger partial charge in [0.2, 0.25) is 11.8 Å². The summed E-state index contributed by atoms with van der Waals surface area (Å²) in [4.78, 5) is 8.63. The van der Waals surface area contributed by atoms with Gasteiger partial charge in [0, 0.05) is 11.8 Å². The zero-order chi connectivity index (χ0) is 19.4. The Bertz CT molecular complexity index is 782. The second-order valence-corrected chi connectivity index (χ2v) is 6.91. The molecule has 0 spiro atoms. The Morgan fingerprint density at radius 3 is 2.33 bits per heavy atom. The molecule has 27 heavy (non-hydrogen) atoms. The Kier molecular flexibility index (Phi) is 6.08. The predicted molar refractivity (Wildman–Crippen MR) is 102 cm³/mol. The van der Waals surface area contributed by atoms with Crippen LogP contribution in [0.4, 0.5) is 0 Å². The molecule has 3 rings (SSSR count). The lowest BCUT2D eigenvalue weighted by Gasteiger charge is -2.13. The van der Waals surface area contributed by atoms with Crippen LogP contribution in [0.15, 0.2) is 12.3 Å². The van der Waals surface area contributed by atoms with Crippen LogP contribution in [0.2, 0.25) is 0 Å². The van der Waals surface area contributed by atoms with Crippen LogP contribution in [0.3, 0.4) is 0 Å². The van der Waals surface area contributed by atoms with Crippen molar-refractivity contribution in [3.8, 4) is 29.0 Å². The van der Waals surface area contributed by atoms with Crippen molar-refractivity contribution in [1.82, 2.24) is 20.2 Å². The average molecular weight is 372 g/mol. The molecule has 7 nitrogen and oxygen atoms in total. The normalized spacial score (nSPS) is 18.4. The minimum atomic E-state index is 0.297. The Labute approximate surface area is 160 Å². The van der Waals surface area contributed by atoms with Crippen molar-refractivity contribution in [2.24, 2.45) is 11.8 Å². The van der Waals surface area contributed by atoms with E-state index < -0.39 is 0 Å². The van der Waals surface area contributed by atoms with Crippen LogP contribution >= 0.6 is 0 Å². The first-order valence-electron chi connectivity index (χ1n) is 9.72. The van der Waals surface area contributed by atoms with E-state index in [9.17, 15) is 0 Å². The summed E-state index contributed by atoms with van der Waals surface area (Å²) < 4.78 is 16.8. The summed E-state index contributed by atoms with van der Waals surface area (Å²) in [5, 5.41) is 8.70. The van der Waals surface area contributed by atoms with Gasteiger partial charge in [-0.15, -0.1) is 10.2 Å². The molecule has 0 radical (unpaired) electrons. The molecule has 0 saturated heterocycles. The highest BCUT2D eigenvalue weighted by Gasteiger charge is 2.42. The van der Waals surface area contributed by atoms with Gasteiger partial charge in [0.1, 0.15) is 5.69 Å². The predicted octanol–water partition coefficient (Wildman–Crippen LogP) is 3.89. The Morgan fingerprint density at radius 2 is 1.70 bits per heavy atom. The van der Waals surface area contributed by atoms with E-state index in [2.05, 4.69) is 34.0 Å². The van der Waals surface area contributed by atoms with E-state index in [4.69, 9.17) is 14.2 Å². The van der Waals surface area contributed by atoms with Crippen molar-refractivity contribution in [1.29, 1.82) is 0 Å². The monoisotopic (exact) mass is 372 g/mol. The molecule has 1 aliphatic carbocycles. The first-order valence-corrected chi connectivity index (χ1v) is 9.72. The van der Waals surface area contributed by atoms with Crippen molar-refractivity contribution >= 4 is 0 Å². The van der Waals surface area contributed by atoms with Crippen molar-refractivity contribution in [2.75, 3.05) is 19.8 Å². The minimum Gasteiger partial charge on any atom is -0.477 e. The van der Waals surface area contributed by atoms with Crippen LogP contribution in [0.5, 0.6) is 17.8 Å². The largest absolute Gasteiger partial charge is 0.477 e. The first-order chi connectivity index (χ1) is 13.1. The van der Waals surface area contributed by atoms with E-state index >= 15 is 0 Å². The van der Waals surface area contributed by atoms with E-state index in [-0.39, 0.29) is 0 Å². The van der Waals surface area contributed by atoms with Gasteiger partial charge >= 0.3 is 6.01 Å². The maximum atomic E-state index is 5.73. The molecule has 0 amide bonds. The minimum absolute atomic E-state index is 0.297. The highest BCUT2D eigenvalue weighted by Crippen LogP contribution is 2.54. The zero-order valence-corrected chi connectivity index (χ0v) is 16.7. The van der Waals surface area contributed by atoms with Crippen LogP contribution in [-0.4, -0.2) is 40.0 Å². The highest BCUT2D eigenvalue weighted by atomic mass is 16.5. The molecule has 2 aromatic rings. The third-order valence-electron chi connectivity index (χ3n) is 4.73. The number of ether oxygens (including phenoxy) is 3. The molecule has 2 aromatic heterocycles. The lowest BCUT2D eigenvalue weighted by atomic mass is 10.0. The van der Waals surface area contributed by atoms with Gasteiger partial charge in [0.15, 0.2) is 0 Å². The molecule has 0 N–H and O–H groups in total. The summed E-state index contributed by atoms with van der Waals surface area (Å²) in [5.41, 5.74) is 2.50. The summed E-state index contributed by atoms with van der Waals surface area (Å²) in [6.45, 7) is 11.8. The summed E-state index contributed by atoms with van der Waals surface area (Å²) in [6.07, 6.45) is 2.84. The van der Waals surface area contributed by atoms with Crippen LogP contribution in [0, 0.1) is 11.8 Å². The van der Waals surface area contributed by atoms with E-state index in [0.29, 0.717) is 66.6 Å². The van der Waals surface area contributed by atoms with Crippen LogP contribution < -0.4 is 14.2 Å². The third kappa shape index (κ3) is 4.28. The van der Waals surface area contributed by atoms with Crippen LogP contribution in [0.25, 0.3) is 11.3 Å². The van der Waals surface area contributed by atoms with Crippen molar-refractivity contribution in [2.45, 2.75) is 47.0 Å². The van der Waals surface area contributed by atoms with Crippen molar-refractivity contribution in [3.63, 3.8) is 0 Å². The molecule has 0 bridgehead atoms. The smallest absolute Gasteiger partial charge is 0.319 e. The molecular weight excluding hydrogens is 344 g/mol. The lowest BCUT2D eigenvalue weighted by molar-refractivity contribution is 0.289. The summed E-state index contributed by atoms with van der Waals surface area (Å²) >= 11 is 0. The van der Waals surface area contributed by atoms with Gasteiger partial charge in [0.25, 0.3) is 0 Å². The quantitative estimate of drug-likeness (QED) is 0.660. The van der Waals surface area contributed by atoms with Gasteiger partial charge in [-0.25, -0.2) is 4.98 Å². The van der Waals surface area contributed by atoms with Gasteiger partial charge in [-0.05, 0) is 51.0 Å². The molecule has 0 aromatic carbocycles. The molecule has 0 aliphatic heterocycles. The molecule has 7 heteroatoms. The number of nitrogens with zero attached hydrogens (tertiary/aromatic N) is 4. The summed E-state index contributed by atoms with van der Waals surface area (Å²) in [6, 6.07) is 2.35. The van der Waals surface area contributed by atoms with Gasteiger partial charge < -0.3 is 14.2 Å². The summed E-state index contributed by atoms with van der Waals surface area (Å²) in [7, 11) is 0. The molecule has 2 atom stereocenters. The molecular formula is C20H28N4O3. The Hall–Kier alpha value is -2.44. The Balaban J connectivity index is 1.99. The third-order valence-corrected chi connectivity index (χ3v) is 4.73. The van der Waals surface area contributed by atoms with E-state index in [1.54, 1.807) is 6.20 Å². The number of rotatable bonds is 9. The number of hydrogen-bond acceptors (Lipinski definition) is 7. The maximum absolute atomic E-state index is 5.73. The van der Waals surface area contributed by atoms with Gasteiger partial charge in [-0.2, -0.15) is 4.98 Å². The fraction of sp³-hybridized carbons (Fsp3) is 0.600. The van der Waals surface area contributed by atoms with Gasteiger partial charge in [0.05, 0.1) is 25.4 Å². The highest BCUT2D eigenvalue weighted by molar-refractivity contribution is 5.65. The molecule has 0 unspecified atom stereocenters. The molecule has 1 saturated carbocycles. The molecule has 1 aliphatic rings. The van der Waals surface area contributed by atoms with Crippen molar-refractivity contribution in [3.05, 3.63) is 17.8 Å². The second kappa shape index (κ2) is 8.50. The van der Waals surface area contributed by atoms with Crippen molar-refractivity contribution < 1.29 is 14.2 Å². The Morgan fingerprint density at radius 1 is 1.00 bits per heavy atom. The zero-order valence-electron chi connectivity index (χ0n) is 16.7. The fourth-order valence-electron chi connectivity index (χ4n) is 3.32. The second-order valence-electron chi connectivity index (χ2n) is 6.91. The maximum Gasteiger partial charge on any atom is 0.319 e. The van der Waals surface area contributed by atoms with Crippen LogP contribution in [0.1, 0.15) is 52.5 Å². The fourth-order valence-corrected chi connectivity index (χ4v) is 3.32. The van der Waals surface area contributed by atoms with Gasteiger partial charge in [-0.1, -0.05) is 13.8 Å². The van der Waals surface area contributed by atoms with Crippen LogP contribution in [-0.2, 0) is 0 Å². The first kappa shape index (κ1) is 19.3. The molecule has 146 valence electrons. The number of hydrogen-bond donors (Lipinski definition) is 0. The van der Waals surface area contributed by atoms with E-state index in [1.807, 2.05) is 26.8 Å². The standard InChI is InChI=1S/C20H28N4O3/c1-6-25-18-16(11-21-20(22-18)27-8-3)17-10-15(14-9-13(14)12(4)5)19(24-23-17)26-7-2/h10-14H,6-9H2,1-5H3/t13-,14+/m1/s1. The summed E-state index contributed by atoms with van der Waals surface area (Å²) in [5.74, 6) is 2.83. The molecule has 1 fully saturated rings. The van der Waals surface area contributed by atoms with E-state index in [0.717, 1.165) is 12.0 Å². The topological polar surface area (TPSA) is 79.2 Å². The van der Waals surface area contributed by atoms with Gasteiger partial charge in [-0.3, -0.25) is 0 Å². The molecule has 2 heterocycles. The average Bonchev–Trinajstić information content (AvgIpc) is 3.44. The lowest BCUT2D eigenvalue weighted by Crippen LogP contribution is -2.06. The van der Waals surface area contributed by atoms with E-state index in [1.165, 1.54) is 0 Å². The SMILES string of the molecule is CCOc1ncc(-c2cc([C@H]3C[C@@H]3C(C)C)c(OCC)nn2)c(OCC)n1. The number of aromatic nitrogens is 4.